The third-order valence-electron chi connectivity index (χ3n) is 4.62. The van der Waals surface area contributed by atoms with Crippen molar-refractivity contribution in [2.45, 2.75) is 20.4 Å². The predicted octanol–water partition coefficient (Wildman–Crippen LogP) is 2.93. The lowest BCUT2D eigenvalue weighted by atomic mass is 10.2. The summed E-state index contributed by atoms with van der Waals surface area (Å²) in [5.74, 6) is 0.802. The van der Waals surface area contributed by atoms with Gasteiger partial charge >= 0.3 is 0 Å². The first-order valence-electron chi connectivity index (χ1n) is 8.83. The molecule has 1 aliphatic heterocycles. The van der Waals surface area contributed by atoms with Crippen LogP contribution in [0.15, 0.2) is 36.8 Å². The van der Waals surface area contributed by atoms with Crippen molar-refractivity contribution in [1.82, 2.24) is 24.8 Å². The van der Waals surface area contributed by atoms with Crippen LogP contribution in [0.1, 0.15) is 15.6 Å². The van der Waals surface area contributed by atoms with Crippen molar-refractivity contribution in [3.63, 3.8) is 0 Å². The average molecular weight is 366 g/mol. The van der Waals surface area contributed by atoms with Crippen LogP contribution in [-0.2, 0) is 6.54 Å². The van der Waals surface area contributed by atoms with Gasteiger partial charge in [0.2, 0.25) is 5.95 Å². The molecule has 1 fully saturated rings. The van der Waals surface area contributed by atoms with E-state index in [0.29, 0.717) is 0 Å². The molecule has 1 aliphatic rings. The van der Waals surface area contributed by atoms with Gasteiger partial charge in [0.25, 0.3) is 0 Å². The molecule has 0 atom stereocenters. The summed E-state index contributed by atoms with van der Waals surface area (Å²) in [6.45, 7) is 9.06. The molecule has 0 aromatic carbocycles. The minimum atomic E-state index is 0.802. The Kier molecular flexibility index (Phi) is 4.90. The standard InChI is InChI=1S/C19H22N6S/c1-14-18(26-15(2)22-14)13-24-8-10-25(11-9-24)19-21-7-5-17(23-19)16-4-3-6-20-12-16/h3-7,12H,8-11,13H2,1-2H3. The molecule has 0 radical (unpaired) electrons. The van der Waals surface area contributed by atoms with E-state index in [0.717, 1.165) is 54.9 Å². The number of pyridine rings is 1. The highest BCUT2D eigenvalue weighted by Gasteiger charge is 2.20. The molecule has 4 rings (SSSR count). The highest BCUT2D eigenvalue weighted by atomic mass is 32.1. The number of aryl methyl sites for hydroxylation is 2. The van der Waals surface area contributed by atoms with Crippen LogP contribution in [0.5, 0.6) is 0 Å². The van der Waals surface area contributed by atoms with Gasteiger partial charge in [0.15, 0.2) is 0 Å². The lowest BCUT2D eigenvalue weighted by Gasteiger charge is -2.34. The van der Waals surface area contributed by atoms with E-state index in [2.05, 4.69) is 38.6 Å². The molecule has 0 unspecified atom stereocenters. The highest BCUT2D eigenvalue weighted by molar-refractivity contribution is 7.11. The van der Waals surface area contributed by atoms with Crippen molar-refractivity contribution < 1.29 is 0 Å². The number of hydrogen-bond donors (Lipinski definition) is 0. The number of thiazole rings is 1. The third kappa shape index (κ3) is 3.73. The van der Waals surface area contributed by atoms with E-state index in [1.807, 2.05) is 41.9 Å². The van der Waals surface area contributed by atoms with Crippen molar-refractivity contribution in [2.75, 3.05) is 31.1 Å². The van der Waals surface area contributed by atoms with Gasteiger partial charge in [-0.15, -0.1) is 11.3 Å². The SMILES string of the molecule is Cc1nc(C)c(CN2CCN(c3nccc(-c4cccnc4)n3)CC2)s1. The molecular formula is C19H22N6S. The summed E-state index contributed by atoms with van der Waals surface area (Å²) in [6, 6.07) is 5.89. The predicted molar refractivity (Wildman–Crippen MR) is 104 cm³/mol. The van der Waals surface area contributed by atoms with Crippen LogP contribution in [0.3, 0.4) is 0 Å². The van der Waals surface area contributed by atoms with Gasteiger partial charge in [0, 0.05) is 61.8 Å². The summed E-state index contributed by atoms with van der Waals surface area (Å²) in [5.41, 5.74) is 3.11. The number of anilines is 1. The average Bonchev–Trinajstić information content (AvgIpc) is 3.00. The fourth-order valence-corrected chi connectivity index (χ4v) is 4.18. The molecule has 7 heteroatoms. The molecule has 0 saturated carbocycles. The monoisotopic (exact) mass is 366 g/mol. The van der Waals surface area contributed by atoms with Gasteiger partial charge in [0.1, 0.15) is 0 Å². The maximum Gasteiger partial charge on any atom is 0.225 e. The molecule has 1 saturated heterocycles. The smallest absolute Gasteiger partial charge is 0.225 e. The lowest BCUT2D eigenvalue weighted by Crippen LogP contribution is -2.46. The van der Waals surface area contributed by atoms with E-state index in [9.17, 15) is 0 Å². The summed E-state index contributed by atoms with van der Waals surface area (Å²) in [6.07, 6.45) is 5.45. The normalized spacial score (nSPS) is 15.4. The first-order chi connectivity index (χ1) is 12.7. The number of aromatic nitrogens is 4. The Hall–Kier alpha value is -2.38. The Morgan fingerprint density at radius 2 is 1.88 bits per heavy atom. The summed E-state index contributed by atoms with van der Waals surface area (Å²) in [4.78, 5) is 24.1. The van der Waals surface area contributed by atoms with E-state index >= 15 is 0 Å². The lowest BCUT2D eigenvalue weighted by molar-refractivity contribution is 0.250. The molecule has 134 valence electrons. The molecule has 0 amide bonds. The van der Waals surface area contributed by atoms with E-state index < -0.39 is 0 Å². The van der Waals surface area contributed by atoms with Crippen molar-refractivity contribution in [2.24, 2.45) is 0 Å². The topological polar surface area (TPSA) is 58.0 Å². The fourth-order valence-electron chi connectivity index (χ4n) is 3.21. The maximum absolute atomic E-state index is 4.74. The quantitative estimate of drug-likeness (QED) is 0.708. The van der Waals surface area contributed by atoms with Crippen molar-refractivity contribution >= 4 is 17.3 Å². The zero-order valence-corrected chi connectivity index (χ0v) is 15.9. The Morgan fingerprint density at radius 1 is 1.04 bits per heavy atom. The first-order valence-corrected chi connectivity index (χ1v) is 9.64. The number of piperazine rings is 1. The van der Waals surface area contributed by atoms with Gasteiger partial charge in [-0.2, -0.15) is 0 Å². The summed E-state index contributed by atoms with van der Waals surface area (Å²) in [5, 5.41) is 1.15. The second-order valence-electron chi connectivity index (χ2n) is 6.49. The molecule has 6 nitrogen and oxygen atoms in total. The van der Waals surface area contributed by atoms with Gasteiger partial charge in [-0.05, 0) is 32.0 Å². The van der Waals surface area contributed by atoms with E-state index in [1.165, 1.54) is 10.6 Å². The van der Waals surface area contributed by atoms with Crippen LogP contribution in [0.2, 0.25) is 0 Å². The number of nitrogens with zero attached hydrogens (tertiary/aromatic N) is 6. The Bertz CT molecular complexity index is 871. The van der Waals surface area contributed by atoms with Crippen LogP contribution in [0, 0.1) is 13.8 Å². The molecule has 3 aromatic rings. The van der Waals surface area contributed by atoms with Crippen LogP contribution < -0.4 is 4.90 Å². The van der Waals surface area contributed by atoms with Crippen LogP contribution in [0.4, 0.5) is 5.95 Å². The third-order valence-corrected chi connectivity index (χ3v) is 5.68. The van der Waals surface area contributed by atoms with Gasteiger partial charge in [-0.1, -0.05) is 0 Å². The Morgan fingerprint density at radius 3 is 2.58 bits per heavy atom. The van der Waals surface area contributed by atoms with Crippen molar-refractivity contribution in [1.29, 1.82) is 0 Å². The van der Waals surface area contributed by atoms with Gasteiger partial charge in [0.05, 0.1) is 16.4 Å². The molecule has 0 aliphatic carbocycles. The Balaban J connectivity index is 1.41. The number of rotatable bonds is 4. The summed E-state index contributed by atoms with van der Waals surface area (Å²) < 4.78 is 0. The second-order valence-corrected chi connectivity index (χ2v) is 7.78. The van der Waals surface area contributed by atoms with E-state index in [1.54, 1.807) is 6.20 Å². The van der Waals surface area contributed by atoms with E-state index in [-0.39, 0.29) is 0 Å². The Labute approximate surface area is 157 Å². The van der Waals surface area contributed by atoms with Crippen LogP contribution in [-0.4, -0.2) is 51.0 Å². The minimum Gasteiger partial charge on any atom is -0.338 e. The first kappa shape index (κ1) is 17.1. The highest BCUT2D eigenvalue weighted by Crippen LogP contribution is 2.22. The summed E-state index contributed by atoms with van der Waals surface area (Å²) >= 11 is 1.81. The zero-order chi connectivity index (χ0) is 17.9. The molecule has 3 aromatic heterocycles. The zero-order valence-electron chi connectivity index (χ0n) is 15.1. The van der Waals surface area contributed by atoms with Gasteiger partial charge in [-0.3, -0.25) is 9.88 Å². The molecular weight excluding hydrogens is 344 g/mol. The van der Waals surface area contributed by atoms with E-state index in [4.69, 9.17) is 4.98 Å². The summed E-state index contributed by atoms with van der Waals surface area (Å²) in [7, 11) is 0. The minimum absolute atomic E-state index is 0.802. The largest absolute Gasteiger partial charge is 0.338 e. The maximum atomic E-state index is 4.74. The molecule has 0 bridgehead atoms. The van der Waals surface area contributed by atoms with Crippen molar-refractivity contribution in [3.05, 3.63) is 52.4 Å². The molecule has 26 heavy (non-hydrogen) atoms. The molecule has 0 spiro atoms. The van der Waals surface area contributed by atoms with Gasteiger partial charge in [-0.25, -0.2) is 15.0 Å². The number of hydrogen-bond acceptors (Lipinski definition) is 7. The molecule has 4 heterocycles. The van der Waals surface area contributed by atoms with Crippen molar-refractivity contribution in [3.8, 4) is 11.3 Å². The van der Waals surface area contributed by atoms with Crippen LogP contribution >= 0.6 is 11.3 Å². The molecule has 0 N–H and O–H groups in total. The van der Waals surface area contributed by atoms with Crippen LogP contribution in [0.25, 0.3) is 11.3 Å². The van der Waals surface area contributed by atoms with Gasteiger partial charge < -0.3 is 4.90 Å². The second kappa shape index (κ2) is 7.47. The fraction of sp³-hybridized carbons (Fsp3) is 0.368.